The summed E-state index contributed by atoms with van der Waals surface area (Å²) in [5.41, 5.74) is 1.03. The average Bonchev–Trinajstić information content (AvgIpc) is 2.87. The van der Waals surface area contributed by atoms with Gasteiger partial charge in [0, 0.05) is 10.4 Å². The van der Waals surface area contributed by atoms with Crippen LogP contribution in [0.4, 0.5) is 5.69 Å². The number of fused-ring (bicyclic) bond motifs is 1. The van der Waals surface area contributed by atoms with Gasteiger partial charge in [-0.25, -0.2) is 8.42 Å². The standard InChI is InChI=1S/C27H24Cl2N2O4S/c1-19-9-12-22(13-10-19)36(33,34)31(25-17-21(28)11-14-24(25)29)18-27(32)30-15-16-35-26-8-4-6-20-5-2-3-7-23(20)26/h2-14,17H,15-16,18H2,1H3,(H,30,32). The van der Waals surface area contributed by atoms with Crippen LogP contribution in [0.25, 0.3) is 10.8 Å². The van der Waals surface area contributed by atoms with Crippen molar-refractivity contribution in [3.63, 3.8) is 0 Å². The highest BCUT2D eigenvalue weighted by Crippen LogP contribution is 2.33. The van der Waals surface area contributed by atoms with E-state index in [4.69, 9.17) is 27.9 Å². The number of hydrogen-bond donors (Lipinski definition) is 1. The number of carbonyl (C=O) groups is 1. The minimum absolute atomic E-state index is 0.0382. The lowest BCUT2D eigenvalue weighted by molar-refractivity contribution is -0.119. The molecule has 6 nitrogen and oxygen atoms in total. The zero-order valence-electron chi connectivity index (χ0n) is 19.4. The molecule has 4 aromatic carbocycles. The van der Waals surface area contributed by atoms with E-state index in [0.717, 1.165) is 20.6 Å². The summed E-state index contributed by atoms with van der Waals surface area (Å²) in [5, 5.41) is 5.19. The molecule has 0 unspecified atom stereocenters. The lowest BCUT2D eigenvalue weighted by Gasteiger charge is -2.25. The number of amides is 1. The van der Waals surface area contributed by atoms with Crippen molar-refractivity contribution < 1.29 is 17.9 Å². The fraction of sp³-hybridized carbons (Fsp3) is 0.148. The summed E-state index contributed by atoms with van der Waals surface area (Å²) in [7, 11) is -4.10. The van der Waals surface area contributed by atoms with Gasteiger partial charge >= 0.3 is 0 Å². The van der Waals surface area contributed by atoms with E-state index in [0.29, 0.717) is 10.8 Å². The van der Waals surface area contributed by atoms with Crippen molar-refractivity contribution in [1.82, 2.24) is 5.32 Å². The first-order chi connectivity index (χ1) is 17.3. The van der Waals surface area contributed by atoms with Gasteiger partial charge in [0.2, 0.25) is 5.91 Å². The average molecular weight is 543 g/mol. The first kappa shape index (κ1) is 25.8. The van der Waals surface area contributed by atoms with Gasteiger partial charge in [-0.05, 0) is 48.7 Å². The van der Waals surface area contributed by atoms with Crippen molar-refractivity contribution in [3.8, 4) is 5.75 Å². The molecule has 1 N–H and O–H groups in total. The van der Waals surface area contributed by atoms with Gasteiger partial charge in [-0.1, -0.05) is 77.3 Å². The summed E-state index contributed by atoms with van der Waals surface area (Å²) in [6.07, 6.45) is 0. The van der Waals surface area contributed by atoms with Crippen LogP contribution in [0.1, 0.15) is 5.56 Å². The first-order valence-corrected chi connectivity index (χ1v) is 13.4. The minimum Gasteiger partial charge on any atom is -0.491 e. The Kier molecular flexibility index (Phi) is 8.04. The van der Waals surface area contributed by atoms with E-state index < -0.39 is 22.5 Å². The van der Waals surface area contributed by atoms with Gasteiger partial charge in [0.15, 0.2) is 0 Å². The SMILES string of the molecule is Cc1ccc(S(=O)(=O)N(CC(=O)NCCOc2cccc3ccccc23)c2cc(Cl)ccc2Cl)cc1. The molecule has 0 saturated carbocycles. The number of nitrogens with zero attached hydrogens (tertiary/aromatic N) is 1. The molecule has 36 heavy (non-hydrogen) atoms. The number of benzene rings is 4. The maximum atomic E-state index is 13.5. The summed E-state index contributed by atoms with van der Waals surface area (Å²) >= 11 is 12.4. The number of carbonyl (C=O) groups excluding carboxylic acids is 1. The van der Waals surface area contributed by atoms with Crippen LogP contribution in [0, 0.1) is 6.92 Å². The molecule has 0 atom stereocenters. The molecule has 0 bridgehead atoms. The highest BCUT2D eigenvalue weighted by molar-refractivity contribution is 7.92. The quantitative estimate of drug-likeness (QED) is 0.269. The van der Waals surface area contributed by atoms with Crippen LogP contribution < -0.4 is 14.4 Å². The first-order valence-electron chi connectivity index (χ1n) is 11.2. The molecule has 0 spiro atoms. The van der Waals surface area contributed by atoms with Crippen LogP contribution in [-0.4, -0.2) is 34.0 Å². The van der Waals surface area contributed by atoms with Crippen LogP contribution in [0.2, 0.25) is 10.0 Å². The number of rotatable bonds is 9. The summed E-state index contributed by atoms with van der Waals surface area (Å²) in [6.45, 7) is 1.77. The Morgan fingerprint density at radius 2 is 1.67 bits per heavy atom. The zero-order chi connectivity index (χ0) is 25.7. The van der Waals surface area contributed by atoms with Gasteiger partial charge in [0.05, 0.1) is 22.2 Å². The summed E-state index contributed by atoms with van der Waals surface area (Å²) < 4.78 is 33.8. The minimum atomic E-state index is -4.10. The molecule has 0 fully saturated rings. The Labute approximate surface area is 220 Å². The van der Waals surface area contributed by atoms with Crippen LogP contribution in [0.3, 0.4) is 0 Å². The largest absolute Gasteiger partial charge is 0.491 e. The molecule has 4 rings (SSSR count). The number of aryl methyl sites for hydroxylation is 1. The van der Waals surface area contributed by atoms with E-state index in [1.54, 1.807) is 18.2 Å². The third kappa shape index (κ3) is 5.93. The van der Waals surface area contributed by atoms with Gasteiger partial charge in [0.25, 0.3) is 10.0 Å². The van der Waals surface area contributed by atoms with Gasteiger partial charge in [-0.2, -0.15) is 0 Å². The van der Waals surface area contributed by atoms with Crippen LogP contribution in [0.5, 0.6) is 5.75 Å². The van der Waals surface area contributed by atoms with E-state index in [1.165, 1.54) is 24.3 Å². The topological polar surface area (TPSA) is 75.7 Å². The van der Waals surface area contributed by atoms with E-state index in [1.807, 2.05) is 49.4 Å². The lowest BCUT2D eigenvalue weighted by atomic mass is 10.1. The second-order valence-corrected chi connectivity index (χ2v) is 10.8. The Morgan fingerprint density at radius 3 is 2.44 bits per heavy atom. The molecule has 0 radical (unpaired) electrons. The van der Waals surface area contributed by atoms with E-state index in [2.05, 4.69) is 5.32 Å². The molecular weight excluding hydrogens is 519 g/mol. The Bertz CT molecular complexity index is 1490. The van der Waals surface area contributed by atoms with E-state index in [9.17, 15) is 13.2 Å². The second kappa shape index (κ2) is 11.2. The van der Waals surface area contributed by atoms with Crippen molar-refractivity contribution in [2.75, 3.05) is 24.0 Å². The van der Waals surface area contributed by atoms with Crippen molar-refractivity contribution in [3.05, 3.63) is 101 Å². The summed E-state index contributed by atoms with van der Waals surface area (Å²) in [4.78, 5) is 12.9. The second-order valence-electron chi connectivity index (χ2n) is 8.10. The molecule has 0 aromatic heterocycles. The number of halogens is 2. The third-order valence-corrected chi connectivity index (χ3v) is 7.83. The fourth-order valence-corrected chi connectivity index (χ4v) is 5.54. The Hall–Kier alpha value is -3.26. The van der Waals surface area contributed by atoms with E-state index >= 15 is 0 Å². The number of sulfonamides is 1. The maximum absolute atomic E-state index is 13.5. The number of nitrogens with one attached hydrogen (secondary N) is 1. The normalized spacial score (nSPS) is 11.3. The van der Waals surface area contributed by atoms with Gasteiger partial charge in [-0.3, -0.25) is 9.10 Å². The van der Waals surface area contributed by atoms with E-state index in [-0.39, 0.29) is 28.8 Å². The molecule has 186 valence electrons. The lowest BCUT2D eigenvalue weighted by Crippen LogP contribution is -2.42. The third-order valence-electron chi connectivity index (χ3n) is 5.50. The molecule has 0 aliphatic carbocycles. The predicted octanol–water partition coefficient (Wildman–Crippen LogP) is 5.85. The van der Waals surface area contributed by atoms with Gasteiger partial charge in [-0.15, -0.1) is 0 Å². The summed E-state index contributed by atoms with van der Waals surface area (Å²) in [6, 6.07) is 24.4. The van der Waals surface area contributed by atoms with Crippen molar-refractivity contribution in [2.45, 2.75) is 11.8 Å². The smallest absolute Gasteiger partial charge is 0.264 e. The Balaban J connectivity index is 1.48. The number of ether oxygens (including phenoxy) is 1. The highest BCUT2D eigenvalue weighted by Gasteiger charge is 2.29. The predicted molar refractivity (Wildman–Crippen MR) is 145 cm³/mol. The number of anilines is 1. The van der Waals surface area contributed by atoms with Crippen molar-refractivity contribution >= 4 is 55.6 Å². The van der Waals surface area contributed by atoms with Crippen molar-refractivity contribution in [1.29, 1.82) is 0 Å². The zero-order valence-corrected chi connectivity index (χ0v) is 21.8. The number of hydrogen-bond acceptors (Lipinski definition) is 4. The van der Waals surface area contributed by atoms with Gasteiger partial charge < -0.3 is 10.1 Å². The van der Waals surface area contributed by atoms with Crippen LogP contribution in [-0.2, 0) is 14.8 Å². The fourth-order valence-electron chi connectivity index (χ4n) is 3.67. The van der Waals surface area contributed by atoms with Crippen LogP contribution >= 0.6 is 23.2 Å². The molecular formula is C27H24Cl2N2O4S. The molecule has 1 amide bonds. The maximum Gasteiger partial charge on any atom is 0.264 e. The molecule has 0 aliphatic rings. The van der Waals surface area contributed by atoms with Gasteiger partial charge in [0.1, 0.15) is 18.9 Å². The summed E-state index contributed by atoms with van der Waals surface area (Å²) in [5.74, 6) is 0.194. The molecule has 9 heteroatoms. The van der Waals surface area contributed by atoms with Crippen molar-refractivity contribution in [2.24, 2.45) is 0 Å². The van der Waals surface area contributed by atoms with Crippen LogP contribution in [0.15, 0.2) is 89.8 Å². The molecule has 0 heterocycles. The molecule has 4 aromatic rings. The monoisotopic (exact) mass is 542 g/mol. The molecule has 0 saturated heterocycles. The highest BCUT2D eigenvalue weighted by atomic mass is 35.5. The Morgan fingerprint density at radius 1 is 0.944 bits per heavy atom. The molecule has 0 aliphatic heterocycles.